The fraction of sp³-hybridized carbons (Fsp3) is 0.538. The topological polar surface area (TPSA) is 30.5 Å². The van der Waals surface area contributed by atoms with Gasteiger partial charge in [0.15, 0.2) is 17.3 Å². The van der Waals surface area contributed by atoms with Gasteiger partial charge in [-0.3, -0.25) is 0 Å². The summed E-state index contributed by atoms with van der Waals surface area (Å²) in [6.07, 6.45) is 1.98. The first-order chi connectivity index (χ1) is 8.69. The fourth-order valence-corrected chi connectivity index (χ4v) is 2.64. The van der Waals surface area contributed by atoms with Crippen LogP contribution in [0.5, 0.6) is 11.5 Å². The zero-order chi connectivity index (χ0) is 13.1. The SMILES string of the molecule is COc1c(C2CCNCC2)cc(Cl)c(F)c1OC. The third-order valence-electron chi connectivity index (χ3n) is 3.35. The van der Waals surface area contributed by atoms with Crippen molar-refractivity contribution in [1.29, 1.82) is 0 Å². The van der Waals surface area contributed by atoms with Crippen molar-refractivity contribution in [3.05, 3.63) is 22.5 Å². The number of methoxy groups -OCH3 is 2. The summed E-state index contributed by atoms with van der Waals surface area (Å²) in [6, 6.07) is 1.66. The van der Waals surface area contributed by atoms with E-state index in [0.717, 1.165) is 31.5 Å². The molecule has 1 aliphatic heterocycles. The van der Waals surface area contributed by atoms with Gasteiger partial charge in [-0.05, 0) is 37.9 Å². The van der Waals surface area contributed by atoms with E-state index in [2.05, 4.69) is 5.32 Å². The fourth-order valence-electron chi connectivity index (χ4n) is 2.43. The first-order valence-electron chi connectivity index (χ1n) is 5.99. The van der Waals surface area contributed by atoms with Crippen LogP contribution in [0.2, 0.25) is 5.02 Å². The van der Waals surface area contributed by atoms with E-state index in [0.29, 0.717) is 11.7 Å². The van der Waals surface area contributed by atoms with Crippen molar-refractivity contribution >= 4 is 11.6 Å². The van der Waals surface area contributed by atoms with E-state index in [1.165, 1.54) is 14.2 Å². The molecule has 2 rings (SSSR count). The maximum atomic E-state index is 13.8. The van der Waals surface area contributed by atoms with Gasteiger partial charge < -0.3 is 14.8 Å². The molecule has 1 aromatic rings. The monoisotopic (exact) mass is 273 g/mol. The van der Waals surface area contributed by atoms with Gasteiger partial charge in [-0.1, -0.05) is 11.6 Å². The Kier molecular flexibility index (Phi) is 4.30. The van der Waals surface area contributed by atoms with Crippen LogP contribution in [0.25, 0.3) is 0 Å². The smallest absolute Gasteiger partial charge is 0.198 e. The molecule has 1 aromatic carbocycles. The quantitative estimate of drug-likeness (QED) is 0.918. The molecule has 18 heavy (non-hydrogen) atoms. The summed E-state index contributed by atoms with van der Waals surface area (Å²) in [5.74, 6) is 0.326. The minimum absolute atomic E-state index is 0.0844. The van der Waals surface area contributed by atoms with E-state index >= 15 is 0 Å². The average Bonchev–Trinajstić information content (AvgIpc) is 2.42. The number of hydrogen-bond donors (Lipinski definition) is 1. The maximum absolute atomic E-state index is 13.8. The third kappa shape index (κ3) is 2.40. The molecular formula is C13H17ClFNO2. The lowest BCUT2D eigenvalue weighted by atomic mass is 9.89. The predicted octanol–water partition coefficient (Wildman–Crippen LogP) is 2.96. The normalized spacial score (nSPS) is 16.7. The van der Waals surface area contributed by atoms with Crippen molar-refractivity contribution in [2.24, 2.45) is 0 Å². The number of benzene rings is 1. The molecule has 1 fully saturated rings. The van der Waals surface area contributed by atoms with Crippen molar-refractivity contribution in [3.63, 3.8) is 0 Å². The molecule has 100 valence electrons. The largest absolute Gasteiger partial charge is 0.492 e. The van der Waals surface area contributed by atoms with Gasteiger partial charge in [0, 0.05) is 5.56 Å². The summed E-state index contributed by atoms with van der Waals surface area (Å²) in [4.78, 5) is 0. The molecule has 0 bridgehead atoms. The highest BCUT2D eigenvalue weighted by Crippen LogP contribution is 2.43. The van der Waals surface area contributed by atoms with Crippen molar-refractivity contribution in [2.45, 2.75) is 18.8 Å². The molecule has 1 heterocycles. The van der Waals surface area contributed by atoms with E-state index in [1.807, 2.05) is 0 Å². The standard InChI is InChI=1S/C13H17ClFNO2/c1-17-12-9(8-3-5-16-6-4-8)7-10(14)11(15)13(12)18-2/h7-8,16H,3-6H2,1-2H3. The second-order valence-corrected chi connectivity index (χ2v) is 4.76. The molecule has 0 atom stereocenters. The van der Waals surface area contributed by atoms with Crippen LogP contribution in [0, 0.1) is 5.82 Å². The highest BCUT2D eigenvalue weighted by atomic mass is 35.5. The molecule has 0 radical (unpaired) electrons. The molecule has 3 nitrogen and oxygen atoms in total. The van der Waals surface area contributed by atoms with Crippen molar-refractivity contribution < 1.29 is 13.9 Å². The summed E-state index contributed by atoms with van der Waals surface area (Å²) in [7, 11) is 2.94. The van der Waals surface area contributed by atoms with E-state index in [-0.39, 0.29) is 10.8 Å². The zero-order valence-electron chi connectivity index (χ0n) is 10.6. The van der Waals surface area contributed by atoms with Crippen LogP contribution in [0.3, 0.4) is 0 Å². The second-order valence-electron chi connectivity index (χ2n) is 4.35. The number of hydrogen-bond acceptors (Lipinski definition) is 3. The number of halogens is 2. The number of piperidine rings is 1. The summed E-state index contributed by atoms with van der Waals surface area (Å²) in [6.45, 7) is 1.90. The molecule has 0 saturated carbocycles. The summed E-state index contributed by atoms with van der Waals surface area (Å²) < 4.78 is 24.2. The molecule has 0 aromatic heterocycles. The Hall–Kier alpha value is -1.00. The van der Waals surface area contributed by atoms with Gasteiger partial charge in [0.1, 0.15) is 0 Å². The molecule has 0 amide bonds. The van der Waals surface area contributed by atoms with Crippen molar-refractivity contribution in [1.82, 2.24) is 5.32 Å². The van der Waals surface area contributed by atoms with E-state index < -0.39 is 5.82 Å². The summed E-state index contributed by atoms with van der Waals surface area (Å²) in [5, 5.41) is 3.38. The number of rotatable bonds is 3. The number of ether oxygens (including phenoxy) is 2. The van der Waals surface area contributed by atoms with Gasteiger partial charge in [0.25, 0.3) is 0 Å². The van der Waals surface area contributed by atoms with Gasteiger partial charge in [-0.2, -0.15) is 0 Å². The van der Waals surface area contributed by atoms with Crippen molar-refractivity contribution in [2.75, 3.05) is 27.3 Å². The lowest BCUT2D eigenvalue weighted by Gasteiger charge is -2.25. The van der Waals surface area contributed by atoms with Crippen LogP contribution in [-0.2, 0) is 0 Å². The second kappa shape index (κ2) is 5.76. The first kappa shape index (κ1) is 13.4. The zero-order valence-corrected chi connectivity index (χ0v) is 11.3. The molecule has 1 N–H and O–H groups in total. The average molecular weight is 274 g/mol. The van der Waals surface area contributed by atoms with Crippen LogP contribution in [0.1, 0.15) is 24.3 Å². The number of nitrogens with one attached hydrogen (secondary N) is 1. The Balaban J connectivity index is 2.47. The maximum Gasteiger partial charge on any atom is 0.198 e. The Morgan fingerprint density at radius 2 is 1.83 bits per heavy atom. The van der Waals surface area contributed by atoms with Gasteiger partial charge in [-0.15, -0.1) is 0 Å². The highest BCUT2D eigenvalue weighted by Gasteiger charge is 2.25. The minimum Gasteiger partial charge on any atom is -0.492 e. The van der Waals surface area contributed by atoms with Crippen LogP contribution >= 0.6 is 11.6 Å². The van der Waals surface area contributed by atoms with E-state index in [1.54, 1.807) is 6.07 Å². The molecule has 1 aliphatic rings. The van der Waals surface area contributed by atoms with Gasteiger partial charge in [0.2, 0.25) is 0 Å². The third-order valence-corrected chi connectivity index (χ3v) is 3.62. The molecule has 5 heteroatoms. The molecule has 1 saturated heterocycles. The Morgan fingerprint density at radius 3 is 2.39 bits per heavy atom. The van der Waals surface area contributed by atoms with Crippen LogP contribution in [0.15, 0.2) is 6.07 Å². The Morgan fingerprint density at radius 1 is 1.22 bits per heavy atom. The Labute approximate surface area is 111 Å². The highest BCUT2D eigenvalue weighted by molar-refractivity contribution is 6.31. The summed E-state index contributed by atoms with van der Waals surface area (Å²) >= 11 is 5.92. The molecule has 0 aliphatic carbocycles. The predicted molar refractivity (Wildman–Crippen MR) is 69.4 cm³/mol. The minimum atomic E-state index is -0.561. The van der Waals surface area contributed by atoms with Crippen molar-refractivity contribution in [3.8, 4) is 11.5 Å². The van der Waals surface area contributed by atoms with E-state index in [9.17, 15) is 4.39 Å². The molecular weight excluding hydrogens is 257 g/mol. The van der Waals surface area contributed by atoms with Crippen LogP contribution < -0.4 is 14.8 Å². The lowest BCUT2D eigenvalue weighted by Crippen LogP contribution is -2.27. The van der Waals surface area contributed by atoms with E-state index in [4.69, 9.17) is 21.1 Å². The first-order valence-corrected chi connectivity index (χ1v) is 6.37. The van der Waals surface area contributed by atoms with Gasteiger partial charge in [-0.25, -0.2) is 4.39 Å². The van der Waals surface area contributed by atoms with Crippen LogP contribution in [0.4, 0.5) is 4.39 Å². The molecule has 0 spiro atoms. The summed E-state index contributed by atoms with van der Waals surface area (Å²) in [5.41, 5.74) is 0.933. The lowest BCUT2D eigenvalue weighted by molar-refractivity contribution is 0.329. The van der Waals surface area contributed by atoms with Gasteiger partial charge >= 0.3 is 0 Å². The molecule has 0 unspecified atom stereocenters. The van der Waals surface area contributed by atoms with Crippen LogP contribution in [-0.4, -0.2) is 27.3 Å². The van der Waals surface area contributed by atoms with Gasteiger partial charge in [0.05, 0.1) is 19.2 Å². The Bertz CT molecular complexity index is 433.